The van der Waals surface area contributed by atoms with Gasteiger partial charge in [-0.25, -0.2) is 8.42 Å². The average Bonchev–Trinajstić information content (AvgIpc) is 3.37. The summed E-state index contributed by atoms with van der Waals surface area (Å²) in [7, 11) is -3.71. The highest BCUT2D eigenvalue weighted by Crippen LogP contribution is 2.38. The van der Waals surface area contributed by atoms with Crippen LogP contribution < -0.4 is 4.72 Å². The standard InChI is InChI=1S/C17H16N4O3S/c22-25(23,14-5-3-9-18-11-14)21-15-6-2-1-4-13(15)10-16-19-17(20-24-16)12-7-8-12/h1-6,9,11-12,21H,7-8,10H2. The minimum absolute atomic E-state index is 0.110. The van der Waals surface area contributed by atoms with Crippen molar-refractivity contribution in [2.45, 2.75) is 30.1 Å². The van der Waals surface area contributed by atoms with Gasteiger partial charge in [0, 0.05) is 18.3 Å². The Labute approximate surface area is 145 Å². The fourth-order valence-corrected chi connectivity index (χ4v) is 3.56. The number of anilines is 1. The summed E-state index contributed by atoms with van der Waals surface area (Å²) >= 11 is 0. The Kier molecular flexibility index (Phi) is 3.96. The Morgan fingerprint density at radius 3 is 2.76 bits per heavy atom. The SMILES string of the molecule is O=S(=O)(Nc1ccccc1Cc1nc(C2CC2)no1)c1cccnc1. The molecule has 0 saturated heterocycles. The molecule has 0 amide bonds. The molecule has 0 aliphatic heterocycles. The van der Waals surface area contributed by atoms with Crippen molar-refractivity contribution in [1.29, 1.82) is 0 Å². The number of hydrogen-bond acceptors (Lipinski definition) is 6. The zero-order chi connectivity index (χ0) is 17.3. The monoisotopic (exact) mass is 356 g/mol. The van der Waals surface area contributed by atoms with E-state index >= 15 is 0 Å². The quantitative estimate of drug-likeness (QED) is 0.729. The fourth-order valence-electron chi connectivity index (χ4n) is 2.49. The van der Waals surface area contributed by atoms with Gasteiger partial charge in [0.15, 0.2) is 5.82 Å². The van der Waals surface area contributed by atoms with Crippen LogP contribution in [0.3, 0.4) is 0 Å². The first-order valence-electron chi connectivity index (χ1n) is 7.95. The Morgan fingerprint density at radius 1 is 1.16 bits per heavy atom. The Balaban J connectivity index is 1.58. The maximum absolute atomic E-state index is 12.5. The largest absolute Gasteiger partial charge is 0.339 e. The average molecular weight is 356 g/mol. The number of pyridine rings is 1. The van der Waals surface area contributed by atoms with E-state index in [1.165, 1.54) is 18.5 Å². The fraction of sp³-hybridized carbons (Fsp3) is 0.235. The zero-order valence-electron chi connectivity index (χ0n) is 13.3. The number of sulfonamides is 1. The van der Waals surface area contributed by atoms with Crippen LogP contribution in [0.4, 0.5) is 5.69 Å². The van der Waals surface area contributed by atoms with E-state index in [0.29, 0.717) is 23.9 Å². The van der Waals surface area contributed by atoms with E-state index in [1.54, 1.807) is 18.2 Å². The van der Waals surface area contributed by atoms with Crippen LogP contribution in [0.5, 0.6) is 0 Å². The summed E-state index contributed by atoms with van der Waals surface area (Å²) < 4.78 is 32.9. The van der Waals surface area contributed by atoms with E-state index in [4.69, 9.17) is 4.52 Å². The third-order valence-electron chi connectivity index (χ3n) is 3.97. The van der Waals surface area contributed by atoms with Crippen LogP contribution in [0.15, 0.2) is 58.2 Å². The summed E-state index contributed by atoms with van der Waals surface area (Å²) in [6.45, 7) is 0. The van der Waals surface area contributed by atoms with Crippen molar-refractivity contribution in [2.24, 2.45) is 0 Å². The molecule has 0 spiro atoms. The van der Waals surface area contributed by atoms with Crippen LogP contribution in [-0.4, -0.2) is 23.5 Å². The van der Waals surface area contributed by atoms with Crippen LogP contribution in [-0.2, 0) is 16.4 Å². The van der Waals surface area contributed by atoms with Crippen LogP contribution in [0.1, 0.15) is 36.0 Å². The number of nitrogens with one attached hydrogen (secondary N) is 1. The van der Waals surface area contributed by atoms with E-state index in [2.05, 4.69) is 19.8 Å². The highest BCUT2D eigenvalue weighted by Gasteiger charge is 2.28. The van der Waals surface area contributed by atoms with E-state index in [-0.39, 0.29) is 4.90 Å². The summed E-state index contributed by atoms with van der Waals surface area (Å²) in [6.07, 6.45) is 5.40. The second-order valence-corrected chi connectivity index (χ2v) is 7.63. The lowest BCUT2D eigenvalue weighted by Crippen LogP contribution is -2.14. The molecule has 1 saturated carbocycles. The molecule has 128 valence electrons. The van der Waals surface area contributed by atoms with Crippen LogP contribution >= 0.6 is 0 Å². The van der Waals surface area contributed by atoms with Gasteiger partial charge in [-0.15, -0.1) is 0 Å². The molecule has 3 aromatic rings. The first kappa shape index (κ1) is 15.8. The predicted molar refractivity (Wildman–Crippen MR) is 90.6 cm³/mol. The number of hydrogen-bond donors (Lipinski definition) is 1. The molecule has 1 N–H and O–H groups in total. The highest BCUT2D eigenvalue weighted by atomic mass is 32.2. The van der Waals surface area contributed by atoms with E-state index in [0.717, 1.165) is 24.2 Å². The normalized spacial score (nSPS) is 14.4. The Bertz CT molecular complexity index is 982. The van der Waals surface area contributed by atoms with Gasteiger partial charge in [-0.05, 0) is 36.6 Å². The van der Waals surface area contributed by atoms with Crippen molar-refractivity contribution >= 4 is 15.7 Å². The molecule has 2 heterocycles. The van der Waals surface area contributed by atoms with Crippen molar-refractivity contribution in [3.8, 4) is 0 Å². The van der Waals surface area contributed by atoms with Gasteiger partial charge in [0.2, 0.25) is 5.89 Å². The molecule has 1 aliphatic rings. The Morgan fingerprint density at radius 2 is 2.00 bits per heavy atom. The summed E-state index contributed by atoms with van der Waals surface area (Å²) in [5.74, 6) is 1.63. The van der Waals surface area contributed by atoms with Gasteiger partial charge in [-0.1, -0.05) is 23.4 Å². The van der Waals surface area contributed by atoms with Gasteiger partial charge in [0.05, 0.1) is 12.1 Å². The summed E-state index contributed by atoms with van der Waals surface area (Å²) in [5.41, 5.74) is 1.25. The number of para-hydroxylation sites is 1. The smallest absolute Gasteiger partial charge is 0.263 e. The maximum Gasteiger partial charge on any atom is 0.263 e. The minimum Gasteiger partial charge on any atom is -0.339 e. The van der Waals surface area contributed by atoms with Crippen molar-refractivity contribution in [2.75, 3.05) is 4.72 Å². The van der Waals surface area contributed by atoms with Gasteiger partial charge in [0.25, 0.3) is 10.0 Å². The molecule has 0 bridgehead atoms. The molecule has 8 heteroatoms. The summed E-state index contributed by atoms with van der Waals surface area (Å²) in [6, 6.07) is 10.2. The summed E-state index contributed by atoms with van der Waals surface area (Å²) in [4.78, 5) is 8.36. The Hall–Kier alpha value is -2.74. The lowest BCUT2D eigenvalue weighted by Gasteiger charge is -2.11. The van der Waals surface area contributed by atoms with Crippen LogP contribution in [0, 0.1) is 0 Å². The van der Waals surface area contributed by atoms with Crippen molar-refractivity contribution < 1.29 is 12.9 Å². The number of rotatable bonds is 6. The molecule has 2 aromatic heterocycles. The molecule has 7 nitrogen and oxygen atoms in total. The molecule has 1 fully saturated rings. The molecule has 1 aliphatic carbocycles. The van der Waals surface area contributed by atoms with Crippen LogP contribution in [0.2, 0.25) is 0 Å². The van der Waals surface area contributed by atoms with Gasteiger partial charge in [-0.3, -0.25) is 9.71 Å². The first-order chi connectivity index (χ1) is 12.1. The molecule has 4 rings (SSSR count). The molecule has 25 heavy (non-hydrogen) atoms. The topological polar surface area (TPSA) is 98.0 Å². The van der Waals surface area contributed by atoms with E-state index in [9.17, 15) is 8.42 Å². The number of benzene rings is 1. The van der Waals surface area contributed by atoms with Crippen molar-refractivity contribution in [1.82, 2.24) is 15.1 Å². The zero-order valence-corrected chi connectivity index (χ0v) is 14.1. The lowest BCUT2D eigenvalue weighted by molar-refractivity contribution is 0.379. The van der Waals surface area contributed by atoms with Gasteiger partial charge in [0.1, 0.15) is 4.90 Å². The summed E-state index contributed by atoms with van der Waals surface area (Å²) in [5, 5.41) is 3.99. The lowest BCUT2D eigenvalue weighted by atomic mass is 10.1. The van der Waals surface area contributed by atoms with E-state index < -0.39 is 10.0 Å². The van der Waals surface area contributed by atoms with E-state index in [1.807, 2.05) is 12.1 Å². The minimum atomic E-state index is -3.71. The van der Waals surface area contributed by atoms with Crippen LogP contribution in [0.25, 0.3) is 0 Å². The molecule has 0 unspecified atom stereocenters. The number of aromatic nitrogens is 3. The highest BCUT2D eigenvalue weighted by molar-refractivity contribution is 7.92. The first-order valence-corrected chi connectivity index (χ1v) is 9.43. The second-order valence-electron chi connectivity index (χ2n) is 5.95. The number of nitrogens with zero attached hydrogens (tertiary/aromatic N) is 3. The third-order valence-corrected chi connectivity index (χ3v) is 5.33. The predicted octanol–water partition coefficient (Wildman–Crippen LogP) is 2.73. The van der Waals surface area contributed by atoms with Crippen molar-refractivity contribution in [3.63, 3.8) is 0 Å². The molecule has 0 radical (unpaired) electrons. The third kappa shape index (κ3) is 3.53. The van der Waals surface area contributed by atoms with Gasteiger partial charge >= 0.3 is 0 Å². The second kappa shape index (κ2) is 6.29. The van der Waals surface area contributed by atoms with Gasteiger partial charge in [-0.2, -0.15) is 4.98 Å². The maximum atomic E-state index is 12.5. The van der Waals surface area contributed by atoms with Gasteiger partial charge < -0.3 is 4.52 Å². The van der Waals surface area contributed by atoms with Crippen molar-refractivity contribution in [3.05, 3.63) is 66.1 Å². The molecular formula is C17H16N4O3S. The molecule has 1 aromatic carbocycles. The molecular weight excluding hydrogens is 340 g/mol. The molecule has 0 atom stereocenters.